The van der Waals surface area contributed by atoms with E-state index in [9.17, 15) is 0 Å². The lowest BCUT2D eigenvalue weighted by Crippen LogP contribution is -2.22. The molecule has 1 aliphatic rings. The summed E-state index contributed by atoms with van der Waals surface area (Å²) in [6, 6.07) is 6.53. The molecule has 1 fully saturated rings. The van der Waals surface area contributed by atoms with Gasteiger partial charge in [0.05, 0.1) is 11.0 Å². The Labute approximate surface area is 132 Å². The Hall–Kier alpha value is -0.360. The molecule has 1 aromatic heterocycles. The normalized spacial score (nSPS) is 18.2. The Balaban J connectivity index is 2.05. The van der Waals surface area contributed by atoms with E-state index >= 15 is 0 Å². The van der Waals surface area contributed by atoms with Crippen molar-refractivity contribution in [1.29, 1.82) is 0 Å². The molecule has 0 spiro atoms. The van der Waals surface area contributed by atoms with Gasteiger partial charge in [-0.15, -0.1) is 0 Å². The van der Waals surface area contributed by atoms with Crippen molar-refractivity contribution in [2.24, 2.45) is 5.41 Å². The molecule has 1 saturated carbocycles. The first-order valence-corrected chi connectivity index (χ1v) is 8.50. The molecule has 0 atom stereocenters. The Morgan fingerprint density at radius 3 is 2.79 bits per heavy atom. The van der Waals surface area contributed by atoms with E-state index in [-0.39, 0.29) is 0 Å². The van der Waals surface area contributed by atoms with Gasteiger partial charge in [-0.2, -0.15) is 0 Å². The van der Waals surface area contributed by atoms with E-state index in [1.54, 1.807) is 0 Å². The van der Waals surface area contributed by atoms with Crippen LogP contribution in [0, 0.1) is 13.8 Å². The summed E-state index contributed by atoms with van der Waals surface area (Å²) in [4.78, 5) is 3.36. The number of aromatic nitrogens is 2. The predicted octanol–water partition coefficient (Wildman–Crippen LogP) is 5.27. The van der Waals surface area contributed by atoms with E-state index in [4.69, 9.17) is 12.2 Å². The summed E-state index contributed by atoms with van der Waals surface area (Å²) in [6.07, 6.45) is 6.71. The predicted molar refractivity (Wildman–Crippen MR) is 91.0 cm³/mol. The molecule has 1 heterocycles. The Morgan fingerprint density at radius 1 is 1.37 bits per heavy atom. The summed E-state index contributed by atoms with van der Waals surface area (Å²) in [7, 11) is 0. The van der Waals surface area contributed by atoms with E-state index < -0.39 is 0 Å². The van der Waals surface area contributed by atoms with Crippen molar-refractivity contribution in [3.63, 3.8) is 0 Å². The van der Waals surface area contributed by atoms with Crippen LogP contribution >= 0.6 is 34.8 Å². The van der Waals surface area contributed by atoms with Gasteiger partial charge in [0.2, 0.25) is 0 Å². The van der Waals surface area contributed by atoms with Crippen molar-refractivity contribution in [2.45, 2.75) is 45.6 Å². The molecule has 1 aliphatic carbocycles. The maximum absolute atomic E-state index is 5.53. The van der Waals surface area contributed by atoms with Crippen LogP contribution in [0.4, 0.5) is 0 Å². The fourth-order valence-electron chi connectivity index (χ4n) is 3.38. The lowest BCUT2D eigenvalue weighted by atomic mass is 9.83. The molecule has 102 valence electrons. The summed E-state index contributed by atoms with van der Waals surface area (Å²) in [5, 5.41) is 0. The number of nitrogens with zero attached hydrogens (tertiary/aromatic N) is 1. The molecule has 3 rings (SSSR count). The molecule has 1 aromatic carbocycles. The number of benzene rings is 1. The fraction of sp³-hybridized carbons (Fsp3) is 0.533. The van der Waals surface area contributed by atoms with Crippen molar-refractivity contribution in [3.8, 4) is 0 Å². The SMILES string of the molecule is CCC1(Cn2c(=S)[nH]c3cc(I)ccc32)CCCC1. The Morgan fingerprint density at radius 2 is 2.11 bits per heavy atom. The molecule has 1 N–H and O–H groups in total. The van der Waals surface area contributed by atoms with Gasteiger partial charge in [0.25, 0.3) is 0 Å². The zero-order chi connectivity index (χ0) is 13.5. The third-order valence-electron chi connectivity index (χ3n) is 4.64. The van der Waals surface area contributed by atoms with Crippen LogP contribution in [0.2, 0.25) is 0 Å². The molecule has 0 bridgehead atoms. The van der Waals surface area contributed by atoms with Gasteiger partial charge >= 0.3 is 0 Å². The molecular formula is C15H19IN2S. The molecule has 2 nitrogen and oxygen atoms in total. The fourth-order valence-corrected chi connectivity index (χ4v) is 4.14. The van der Waals surface area contributed by atoms with Crippen molar-refractivity contribution in [2.75, 3.05) is 0 Å². The highest BCUT2D eigenvalue weighted by Crippen LogP contribution is 2.42. The molecule has 0 radical (unpaired) electrons. The van der Waals surface area contributed by atoms with Gasteiger partial charge in [-0.3, -0.25) is 0 Å². The lowest BCUT2D eigenvalue weighted by Gasteiger charge is -2.28. The number of rotatable bonds is 3. The van der Waals surface area contributed by atoms with Gasteiger partial charge in [0.15, 0.2) is 4.77 Å². The first kappa shape index (κ1) is 13.6. The van der Waals surface area contributed by atoms with E-state index in [1.807, 2.05) is 0 Å². The van der Waals surface area contributed by atoms with Crippen LogP contribution in [-0.2, 0) is 6.54 Å². The minimum atomic E-state index is 0.469. The van der Waals surface area contributed by atoms with E-state index in [1.165, 1.54) is 46.7 Å². The maximum atomic E-state index is 5.53. The number of fused-ring (bicyclic) bond motifs is 1. The highest BCUT2D eigenvalue weighted by molar-refractivity contribution is 14.1. The summed E-state index contributed by atoms with van der Waals surface area (Å²) in [5.41, 5.74) is 2.89. The number of nitrogens with one attached hydrogen (secondary N) is 1. The third kappa shape index (κ3) is 2.49. The monoisotopic (exact) mass is 386 g/mol. The van der Waals surface area contributed by atoms with Crippen LogP contribution in [0.15, 0.2) is 18.2 Å². The van der Waals surface area contributed by atoms with E-state index in [0.717, 1.165) is 11.3 Å². The number of halogens is 1. The second-order valence-electron chi connectivity index (χ2n) is 5.74. The van der Waals surface area contributed by atoms with Crippen LogP contribution in [0.5, 0.6) is 0 Å². The summed E-state index contributed by atoms with van der Waals surface area (Å²) >= 11 is 7.88. The first-order valence-electron chi connectivity index (χ1n) is 7.02. The summed E-state index contributed by atoms with van der Waals surface area (Å²) in [6.45, 7) is 3.40. The van der Waals surface area contributed by atoms with Crippen LogP contribution < -0.4 is 0 Å². The second-order valence-corrected chi connectivity index (χ2v) is 7.37. The zero-order valence-corrected chi connectivity index (χ0v) is 14.2. The summed E-state index contributed by atoms with van der Waals surface area (Å²) in [5.74, 6) is 0. The highest BCUT2D eigenvalue weighted by Gasteiger charge is 2.32. The van der Waals surface area contributed by atoms with Crippen LogP contribution in [0.3, 0.4) is 0 Å². The summed E-state index contributed by atoms with van der Waals surface area (Å²) < 4.78 is 4.44. The van der Waals surface area contributed by atoms with Crippen molar-refractivity contribution in [1.82, 2.24) is 9.55 Å². The van der Waals surface area contributed by atoms with Gasteiger partial charge < -0.3 is 9.55 Å². The maximum Gasteiger partial charge on any atom is 0.178 e. The molecule has 0 aliphatic heterocycles. The van der Waals surface area contributed by atoms with Gasteiger partial charge in [0.1, 0.15) is 0 Å². The lowest BCUT2D eigenvalue weighted by molar-refractivity contribution is 0.239. The molecule has 19 heavy (non-hydrogen) atoms. The zero-order valence-electron chi connectivity index (χ0n) is 11.2. The third-order valence-corrected chi connectivity index (χ3v) is 5.64. The van der Waals surface area contributed by atoms with Gasteiger partial charge in [-0.05, 0) is 77.7 Å². The minimum absolute atomic E-state index is 0.469. The molecule has 0 amide bonds. The number of hydrogen-bond acceptors (Lipinski definition) is 1. The highest BCUT2D eigenvalue weighted by atomic mass is 127. The number of H-pyrrole nitrogens is 1. The number of aromatic amines is 1. The Kier molecular flexibility index (Phi) is 3.73. The molecule has 0 unspecified atom stereocenters. The Bertz CT molecular complexity index is 650. The van der Waals surface area contributed by atoms with Crippen molar-refractivity contribution < 1.29 is 0 Å². The van der Waals surface area contributed by atoms with Crippen LogP contribution in [-0.4, -0.2) is 9.55 Å². The molecule has 0 saturated heterocycles. The van der Waals surface area contributed by atoms with Crippen LogP contribution in [0.1, 0.15) is 39.0 Å². The van der Waals surface area contributed by atoms with E-state index in [2.05, 4.69) is 57.3 Å². The van der Waals surface area contributed by atoms with Gasteiger partial charge in [0, 0.05) is 10.1 Å². The second kappa shape index (κ2) is 5.20. The van der Waals surface area contributed by atoms with Crippen LogP contribution in [0.25, 0.3) is 11.0 Å². The number of imidazole rings is 1. The molecular weight excluding hydrogens is 367 g/mol. The van der Waals surface area contributed by atoms with E-state index in [0.29, 0.717) is 5.41 Å². The van der Waals surface area contributed by atoms with Crippen molar-refractivity contribution >= 4 is 45.8 Å². The van der Waals surface area contributed by atoms with Gasteiger partial charge in [-0.25, -0.2) is 0 Å². The largest absolute Gasteiger partial charge is 0.331 e. The average molecular weight is 386 g/mol. The molecule has 4 heteroatoms. The number of hydrogen-bond donors (Lipinski definition) is 1. The smallest absolute Gasteiger partial charge is 0.178 e. The quantitative estimate of drug-likeness (QED) is 0.563. The first-order chi connectivity index (χ1) is 9.13. The minimum Gasteiger partial charge on any atom is -0.331 e. The molecule has 2 aromatic rings. The average Bonchev–Trinajstić information content (AvgIpc) is 2.96. The topological polar surface area (TPSA) is 20.7 Å². The van der Waals surface area contributed by atoms with Gasteiger partial charge in [-0.1, -0.05) is 19.8 Å². The van der Waals surface area contributed by atoms with Crippen molar-refractivity contribution in [3.05, 3.63) is 26.5 Å². The standard InChI is InChI=1S/C15H19IN2S/c1-2-15(7-3-4-8-15)10-18-13-6-5-11(16)9-12(13)17-14(18)19/h5-6,9H,2-4,7-8,10H2,1H3,(H,17,19).